The average Bonchev–Trinajstić information content (AvgIpc) is 2.30. The molecule has 5 heteroatoms. The van der Waals surface area contributed by atoms with Gasteiger partial charge in [0.05, 0.1) is 4.47 Å². The number of benzene rings is 2. The molecule has 0 amide bonds. The smallest absolute Gasteiger partial charge is 0.182 e. The molecule has 0 bridgehead atoms. The fraction of sp³-hybridized carbons (Fsp3) is 0. The zero-order valence-electron chi connectivity index (χ0n) is 8.38. The van der Waals surface area contributed by atoms with Gasteiger partial charge < -0.3 is 4.74 Å². The van der Waals surface area contributed by atoms with Crippen molar-refractivity contribution in [3.8, 4) is 11.5 Å². The van der Waals surface area contributed by atoms with Crippen LogP contribution in [0.4, 0.5) is 13.2 Å². The minimum Gasteiger partial charge on any atom is -0.454 e. The van der Waals surface area contributed by atoms with Crippen molar-refractivity contribution in [1.82, 2.24) is 0 Å². The molecule has 0 heterocycles. The highest BCUT2D eigenvalue weighted by atomic mass is 79.9. The summed E-state index contributed by atoms with van der Waals surface area (Å²) in [5.41, 5.74) is 0. The summed E-state index contributed by atoms with van der Waals surface area (Å²) < 4.78 is 44.2. The second-order valence-corrected chi connectivity index (χ2v) is 4.03. The fourth-order valence-corrected chi connectivity index (χ4v) is 1.57. The van der Waals surface area contributed by atoms with E-state index < -0.39 is 17.5 Å². The van der Waals surface area contributed by atoms with Crippen LogP contribution in [-0.2, 0) is 0 Å². The predicted molar refractivity (Wildman–Crippen MR) is 60.5 cm³/mol. The summed E-state index contributed by atoms with van der Waals surface area (Å²) in [6.07, 6.45) is 0. The monoisotopic (exact) mass is 302 g/mol. The lowest BCUT2D eigenvalue weighted by molar-refractivity contribution is 0.431. The van der Waals surface area contributed by atoms with Crippen LogP contribution in [0, 0.1) is 17.5 Å². The maximum absolute atomic E-state index is 13.5. The van der Waals surface area contributed by atoms with Crippen LogP contribution in [0.1, 0.15) is 0 Å². The van der Waals surface area contributed by atoms with E-state index in [1.54, 1.807) is 0 Å². The SMILES string of the molecule is Fc1cccc(Oc2ccc(F)c(Br)c2F)c1. The first-order chi connectivity index (χ1) is 8.08. The highest BCUT2D eigenvalue weighted by Crippen LogP contribution is 2.31. The van der Waals surface area contributed by atoms with Crippen molar-refractivity contribution in [1.29, 1.82) is 0 Å². The summed E-state index contributed by atoms with van der Waals surface area (Å²) in [7, 11) is 0. The molecule has 0 radical (unpaired) electrons. The van der Waals surface area contributed by atoms with Gasteiger partial charge in [0.15, 0.2) is 11.6 Å². The topological polar surface area (TPSA) is 9.23 Å². The second kappa shape index (κ2) is 4.79. The molecule has 0 aromatic heterocycles. The molecule has 0 aliphatic heterocycles. The summed E-state index contributed by atoms with van der Waals surface area (Å²) in [5, 5.41) is 0. The summed E-state index contributed by atoms with van der Waals surface area (Å²) in [4.78, 5) is 0. The molecule has 0 atom stereocenters. The van der Waals surface area contributed by atoms with Crippen molar-refractivity contribution in [2.75, 3.05) is 0 Å². The Labute approximate surface area is 104 Å². The quantitative estimate of drug-likeness (QED) is 0.733. The van der Waals surface area contributed by atoms with Crippen LogP contribution in [-0.4, -0.2) is 0 Å². The lowest BCUT2D eigenvalue weighted by atomic mass is 10.3. The Morgan fingerprint density at radius 1 is 1.00 bits per heavy atom. The number of ether oxygens (including phenoxy) is 1. The van der Waals surface area contributed by atoms with Crippen LogP contribution in [0.3, 0.4) is 0 Å². The van der Waals surface area contributed by atoms with Gasteiger partial charge in [-0.1, -0.05) is 6.07 Å². The third kappa shape index (κ3) is 2.61. The van der Waals surface area contributed by atoms with Crippen LogP contribution in [0.25, 0.3) is 0 Å². The lowest BCUT2D eigenvalue weighted by Gasteiger charge is -2.08. The molecule has 0 aliphatic rings. The van der Waals surface area contributed by atoms with E-state index in [2.05, 4.69) is 15.9 Å². The first kappa shape index (κ1) is 12.0. The van der Waals surface area contributed by atoms with E-state index in [1.165, 1.54) is 18.2 Å². The molecule has 0 spiro atoms. The van der Waals surface area contributed by atoms with Crippen molar-refractivity contribution in [2.45, 2.75) is 0 Å². The van der Waals surface area contributed by atoms with Crippen molar-refractivity contribution in [3.63, 3.8) is 0 Å². The molecule has 2 aromatic carbocycles. The standard InChI is InChI=1S/C12H6BrF3O/c13-11-9(15)4-5-10(12(11)16)17-8-3-1-2-7(14)6-8/h1-6H. The molecule has 88 valence electrons. The zero-order chi connectivity index (χ0) is 12.4. The van der Waals surface area contributed by atoms with E-state index in [0.717, 1.165) is 18.2 Å². The molecule has 0 saturated carbocycles. The molecule has 1 nitrogen and oxygen atoms in total. The van der Waals surface area contributed by atoms with Gasteiger partial charge in [0.1, 0.15) is 17.4 Å². The Balaban J connectivity index is 2.34. The van der Waals surface area contributed by atoms with Crippen molar-refractivity contribution < 1.29 is 17.9 Å². The van der Waals surface area contributed by atoms with E-state index in [-0.39, 0.29) is 16.0 Å². The van der Waals surface area contributed by atoms with Gasteiger partial charge in [-0.05, 0) is 40.2 Å². The van der Waals surface area contributed by atoms with Gasteiger partial charge in [-0.25, -0.2) is 13.2 Å². The Morgan fingerprint density at radius 2 is 1.76 bits per heavy atom. The maximum Gasteiger partial charge on any atom is 0.182 e. The van der Waals surface area contributed by atoms with Gasteiger partial charge in [-0.15, -0.1) is 0 Å². The van der Waals surface area contributed by atoms with Crippen LogP contribution in [0.5, 0.6) is 11.5 Å². The van der Waals surface area contributed by atoms with Gasteiger partial charge >= 0.3 is 0 Å². The first-order valence-corrected chi connectivity index (χ1v) is 5.44. The van der Waals surface area contributed by atoms with Crippen LogP contribution in [0.2, 0.25) is 0 Å². The van der Waals surface area contributed by atoms with E-state index in [0.29, 0.717) is 0 Å². The fourth-order valence-electron chi connectivity index (χ4n) is 1.24. The van der Waals surface area contributed by atoms with E-state index in [4.69, 9.17) is 4.74 Å². The average molecular weight is 303 g/mol. The third-order valence-corrected chi connectivity index (χ3v) is 2.75. The Morgan fingerprint density at radius 3 is 2.47 bits per heavy atom. The number of hydrogen-bond acceptors (Lipinski definition) is 1. The molecule has 0 fully saturated rings. The molecule has 2 rings (SSSR count). The summed E-state index contributed by atoms with van der Waals surface area (Å²) in [5.74, 6) is -2.13. The van der Waals surface area contributed by atoms with E-state index >= 15 is 0 Å². The Bertz CT molecular complexity index is 557. The second-order valence-electron chi connectivity index (χ2n) is 3.23. The molecule has 17 heavy (non-hydrogen) atoms. The number of rotatable bonds is 2. The lowest BCUT2D eigenvalue weighted by Crippen LogP contribution is -1.92. The zero-order valence-corrected chi connectivity index (χ0v) is 9.97. The maximum atomic E-state index is 13.5. The van der Waals surface area contributed by atoms with Crippen LogP contribution in [0.15, 0.2) is 40.9 Å². The molecular formula is C12H6BrF3O. The highest BCUT2D eigenvalue weighted by Gasteiger charge is 2.13. The molecular weight excluding hydrogens is 297 g/mol. The van der Waals surface area contributed by atoms with Gasteiger partial charge in [-0.3, -0.25) is 0 Å². The largest absolute Gasteiger partial charge is 0.454 e. The van der Waals surface area contributed by atoms with Gasteiger partial charge in [0.2, 0.25) is 0 Å². The molecule has 0 aliphatic carbocycles. The molecule has 2 aromatic rings. The Hall–Kier alpha value is -1.49. The van der Waals surface area contributed by atoms with Crippen molar-refractivity contribution in [2.24, 2.45) is 0 Å². The molecule has 0 unspecified atom stereocenters. The number of hydrogen-bond donors (Lipinski definition) is 0. The molecule has 0 N–H and O–H groups in total. The van der Waals surface area contributed by atoms with Crippen LogP contribution < -0.4 is 4.74 Å². The van der Waals surface area contributed by atoms with Crippen molar-refractivity contribution >= 4 is 15.9 Å². The van der Waals surface area contributed by atoms with Gasteiger partial charge in [0, 0.05) is 6.07 Å². The first-order valence-electron chi connectivity index (χ1n) is 4.65. The minimum atomic E-state index is -0.866. The Kier molecular flexibility index (Phi) is 3.38. The summed E-state index contributed by atoms with van der Waals surface area (Å²) in [6, 6.07) is 7.45. The third-order valence-electron chi connectivity index (χ3n) is 2.02. The van der Waals surface area contributed by atoms with Crippen molar-refractivity contribution in [3.05, 3.63) is 58.3 Å². The number of halogens is 4. The summed E-state index contributed by atoms with van der Waals surface area (Å²) in [6.45, 7) is 0. The predicted octanol–water partition coefficient (Wildman–Crippen LogP) is 4.66. The molecule has 0 saturated heterocycles. The van der Waals surface area contributed by atoms with Crippen LogP contribution >= 0.6 is 15.9 Å². The summed E-state index contributed by atoms with van der Waals surface area (Å²) >= 11 is 2.75. The highest BCUT2D eigenvalue weighted by molar-refractivity contribution is 9.10. The minimum absolute atomic E-state index is 0.141. The normalized spacial score (nSPS) is 10.4. The van der Waals surface area contributed by atoms with Gasteiger partial charge in [0.25, 0.3) is 0 Å². The van der Waals surface area contributed by atoms with E-state index in [1.807, 2.05) is 0 Å². The van der Waals surface area contributed by atoms with E-state index in [9.17, 15) is 13.2 Å². The van der Waals surface area contributed by atoms with Gasteiger partial charge in [-0.2, -0.15) is 0 Å².